The number of hydrogen-bond donors (Lipinski definition) is 0. The minimum atomic E-state index is 0.204. The van der Waals surface area contributed by atoms with Gasteiger partial charge in [0, 0.05) is 25.1 Å². The van der Waals surface area contributed by atoms with Gasteiger partial charge in [-0.05, 0) is 29.7 Å². The third kappa shape index (κ3) is 3.69. The molecule has 4 heteroatoms. The molecule has 0 unspecified atom stereocenters. The molecule has 0 aromatic heterocycles. The Bertz CT molecular complexity index is 713. The number of benzene rings is 2. The molecule has 2 aliphatic rings. The first kappa shape index (κ1) is 16.2. The Morgan fingerprint density at radius 3 is 2.48 bits per heavy atom. The van der Waals surface area contributed by atoms with Gasteiger partial charge in [-0.1, -0.05) is 42.5 Å². The smallest absolute Gasteiger partial charge is 0.227 e. The summed E-state index contributed by atoms with van der Waals surface area (Å²) in [7, 11) is 0. The highest BCUT2D eigenvalue weighted by molar-refractivity contribution is 5.79. The lowest BCUT2D eigenvalue weighted by Crippen LogP contribution is -2.59. The van der Waals surface area contributed by atoms with Crippen molar-refractivity contribution in [1.29, 1.82) is 0 Å². The molecule has 0 radical (unpaired) electrons. The van der Waals surface area contributed by atoms with E-state index in [-0.39, 0.29) is 11.3 Å². The molecule has 4 nitrogen and oxygen atoms in total. The summed E-state index contributed by atoms with van der Waals surface area (Å²) in [4.78, 5) is 14.3. The van der Waals surface area contributed by atoms with Gasteiger partial charge >= 0.3 is 0 Å². The average Bonchev–Trinajstić information content (AvgIpc) is 3.11. The maximum atomic E-state index is 12.4. The predicted molar refractivity (Wildman–Crippen MR) is 95.4 cm³/mol. The van der Waals surface area contributed by atoms with Crippen LogP contribution in [0.15, 0.2) is 54.6 Å². The SMILES string of the molecule is O=C(Cc1ccc(OCc2ccccc2)cc1)N1CC2(CCOC2)C1. The lowest BCUT2D eigenvalue weighted by molar-refractivity contribution is -0.142. The van der Waals surface area contributed by atoms with Crippen LogP contribution in [0.2, 0.25) is 0 Å². The zero-order valence-corrected chi connectivity index (χ0v) is 14.3. The van der Waals surface area contributed by atoms with Crippen LogP contribution in [0.25, 0.3) is 0 Å². The van der Waals surface area contributed by atoms with E-state index < -0.39 is 0 Å². The Morgan fingerprint density at radius 2 is 1.80 bits per heavy atom. The molecule has 2 heterocycles. The van der Waals surface area contributed by atoms with Crippen LogP contribution in [-0.2, 0) is 22.6 Å². The van der Waals surface area contributed by atoms with Crippen molar-refractivity contribution in [2.24, 2.45) is 5.41 Å². The van der Waals surface area contributed by atoms with Crippen molar-refractivity contribution in [3.8, 4) is 5.75 Å². The molecule has 2 aromatic rings. The van der Waals surface area contributed by atoms with Gasteiger partial charge in [-0.3, -0.25) is 4.79 Å². The number of nitrogens with zero attached hydrogens (tertiary/aromatic N) is 1. The first-order chi connectivity index (χ1) is 12.2. The van der Waals surface area contributed by atoms with Gasteiger partial charge in [0.2, 0.25) is 5.91 Å². The van der Waals surface area contributed by atoms with Crippen LogP contribution in [0.3, 0.4) is 0 Å². The van der Waals surface area contributed by atoms with E-state index in [4.69, 9.17) is 9.47 Å². The number of ether oxygens (including phenoxy) is 2. The lowest BCUT2D eigenvalue weighted by Gasteiger charge is -2.47. The first-order valence-corrected chi connectivity index (χ1v) is 8.84. The molecule has 0 N–H and O–H groups in total. The van der Waals surface area contributed by atoms with E-state index in [2.05, 4.69) is 0 Å². The Morgan fingerprint density at radius 1 is 1.04 bits per heavy atom. The summed E-state index contributed by atoms with van der Waals surface area (Å²) in [5.74, 6) is 1.03. The maximum absolute atomic E-state index is 12.4. The van der Waals surface area contributed by atoms with Crippen molar-refractivity contribution >= 4 is 5.91 Å². The molecule has 0 atom stereocenters. The third-order valence-corrected chi connectivity index (χ3v) is 5.12. The Kier molecular flexibility index (Phi) is 4.45. The fraction of sp³-hybridized carbons (Fsp3) is 0.381. The molecule has 2 fully saturated rings. The van der Waals surface area contributed by atoms with Gasteiger partial charge in [0.1, 0.15) is 12.4 Å². The number of rotatable bonds is 5. The van der Waals surface area contributed by atoms with Gasteiger partial charge in [0.05, 0.1) is 13.0 Å². The van der Waals surface area contributed by atoms with E-state index in [1.54, 1.807) is 0 Å². The zero-order chi connectivity index (χ0) is 17.1. The average molecular weight is 337 g/mol. The normalized spacial score (nSPS) is 18.2. The second kappa shape index (κ2) is 6.89. The van der Waals surface area contributed by atoms with Gasteiger partial charge in [-0.2, -0.15) is 0 Å². The highest BCUT2D eigenvalue weighted by Crippen LogP contribution is 2.38. The highest BCUT2D eigenvalue weighted by atomic mass is 16.5. The van der Waals surface area contributed by atoms with Gasteiger partial charge < -0.3 is 14.4 Å². The number of likely N-dealkylation sites (tertiary alicyclic amines) is 1. The summed E-state index contributed by atoms with van der Waals surface area (Å²) in [5, 5.41) is 0. The van der Waals surface area contributed by atoms with Crippen molar-refractivity contribution in [1.82, 2.24) is 4.90 Å². The predicted octanol–water partition coefficient (Wildman–Crippen LogP) is 3.06. The highest BCUT2D eigenvalue weighted by Gasteiger charge is 2.47. The molecule has 2 aliphatic heterocycles. The minimum absolute atomic E-state index is 0.204. The van der Waals surface area contributed by atoms with Gasteiger partial charge in [0.25, 0.3) is 0 Å². The quantitative estimate of drug-likeness (QED) is 0.842. The first-order valence-electron chi connectivity index (χ1n) is 8.84. The lowest BCUT2D eigenvalue weighted by atomic mass is 9.79. The molecule has 2 aromatic carbocycles. The van der Waals surface area contributed by atoms with Crippen LogP contribution in [0.4, 0.5) is 0 Å². The van der Waals surface area contributed by atoms with Crippen molar-refractivity contribution in [2.75, 3.05) is 26.3 Å². The fourth-order valence-electron chi connectivity index (χ4n) is 3.57. The monoisotopic (exact) mass is 337 g/mol. The van der Waals surface area contributed by atoms with Crippen molar-refractivity contribution in [3.05, 3.63) is 65.7 Å². The van der Waals surface area contributed by atoms with Crippen LogP contribution >= 0.6 is 0 Å². The molecule has 1 amide bonds. The maximum Gasteiger partial charge on any atom is 0.227 e. The summed E-state index contributed by atoms with van der Waals surface area (Å²) >= 11 is 0. The molecule has 4 rings (SSSR count). The van der Waals surface area contributed by atoms with Crippen molar-refractivity contribution in [2.45, 2.75) is 19.4 Å². The molecule has 0 saturated carbocycles. The van der Waals surface area contributed by atoms with Crippen LogP contribution < -0.4 is 4.74 Å². The van der Waals surface area contributed by atoms with Gasteiger partial charge in [-0.25, -0.2) is 0 Å². The molecule has 1 spiro atoms. The number of carbonyl (C=O) groups excluding carboxylic acids is 1. The molecule has 2 saturated heterocycles. The zero-order valence-electron chi connectivity index (χ0n) is 14.3. The summed E-state index contributed by atoms with van der Waals surface area (Å²) in [6, 6.07) is 17.9. The van der Waals surface area contributed by atoms with Crippen molar-refractivity contribution in [3.63, 3.8) is 0 Å². The molecule has 0 aliphatic carbocycles. The van der Waals surface area contributed by atoms with Crippen molar-refractivity contribution < 1.29 is 14.3 Å². The van der Waals surface area contributed by atoms with Gasteiger partial charge in [0.15, 0.2) is 0 Å². The van der Waals surface area contributed by atoms with E-state index in [0.29, 0.717) is 13.0 Å². The summed E-state index contributed by atoms with van der Waals surface area (Å²) in [5.41, 5.74) is 2.43. The van der Waals surface area contributed by atoms with E-state index >= 15 is 0 Å². The summed E-state index contributed by atoms with van der Waals surface area (Å²) in [6.07, 6.45) is 1.54. The number of hydrogen-bond acceptors (Lipinski definition) is 3. The third-order valence-electron chi connectivity index (χ3n) is 5.12. The topological polar surface area (TPSA) is 38.8 Å². The largest absolute Gasteiger partial charge is 0.489 e. The molecular formula is C21H23NO3. The van der Waals surface area contributed by atoms with Gasteiger partial charge in [-0.15, -0.1) is 0 Å². The van der Waals surface area contributed by atoms with Crippen LogP contribution in [0, 0.1) is 5.41 Å². The Hall–Kier alpha value is -2.33. The molecule has 25 heavy (non-hydrogen) atoms. The van der Waals surface area contributed by atoms with Crippen LogP contribution in [0.1, 0.15) is 17.5 Å². The van der Waals surface area contributed by atoms with E-state index in [1.807, 2.05) is 59.5 Å². The number of carbonyl (C=O) groups is 1. The van der Waals surface area contributed by atoms with E-state index in [1.165, 1.54) is 0 Å². The van der Waals surface area contributed by atoms with Crippen LogP contribution in [0.5, 0.6) is 5.75 Å². The molecule has 0 bridgehead atoms. The molecule has 130 valence electrons. The van der Waals surface area contributed by atoms with Crippen LogP contribution in [-0.4, -0.2) is 37.1 Å². The molecular weight excluding hydrogens is 314 g/mol. The second-order valence-corrected chi connectivity index (χ2v) is 7.15. The second-order valence-electron chi connectivity index (χ2n) is 7.15. The Balaban J connectivity index is 1.26. The fourth-order valence-corrected chi connectivity index (χ4v) is 3.57. The standard InChI is InChI=1S/C21H23NO3/c23-20(22-14-21(15-22)10-11-24-16-21)12-17-6-8-19(9-7-17)25-13-18-4-2-1-3-5-18/h1-9H,10-16H2. The minimum Gasteiger partial charge on any atom is -0.489 e. The summed E-state index contributed by atoms with van der Waals surface area (Å²) < 4.78 is 11.3. The van der Waals surface area contributed by atoms with E-state index in [0.717, 1.165) is 49.6 Å². The Labute approximate surface area is 148 Å². The van der Waals surface area contributed by atoms with E-state index in [9.17, 15) is 4.79 Å². The summed E-state index contributed by atoms with van der Waals surface area (Å²) in [6.45, 7) is 3.90. The number of amides is 1.